The molecule has 0 saturated carbocycles. The van der Waals surface area contributed by atoms with E-state index in [-0.39, 0.29) is 5.91 Å². The molecule has 116 valence electrons. The maximum absolute atomic E-state index is 11.7. The summed E-state index contributed by atoms with van der Waals surface area (Å²) in [5, 5.41) is 6.10. The lowest BCUT2D eigenvalue weighted by Gasteiger charge is -2.33. The summed E-state index contributed by atoms with van der Waals surface area (Å²) in [6, 6.07) is 10.5. The second-order valence-corrected chi connectivity index (χ2v) is 5.80. The fourth-order valence-corrected chi connectivity index (χ4v) is 2.80. The van der Waals surface area contributed by atoms with Crippen molar-refractivity contribution in [2.24, 2.45) is 0 Å². The number of carbonyl (C=O) groups excluding carboxylic acids is 1. The summed E-state index contributed by atoms with van der Waals surface area (Å²) in [7, 11) is 0. The van der Waals surface area contributed by atoms with Gasteiger partial charge in [-0.1, -0.05) is 24.6 Å². The van der Waals surface area contributed by atoms with E-state index in [9.17, 15) is 4.79 Å². The Bertz CT molecular complexity index is 421. The molecule has 21 heavy (non-hydrogen) atoms. The molecule has 1 heterocycles. The molecule has 1 unspecified atom stereocenters. The summed E-state index contributed by atoms with van der Waals surface area (Å²) in [5.41, 5.74) is 0.981. The van der Waals surface area contributed by atoms with Gasteiger partial charge in [-0.05, 0) is 44.9 Å². The third-order valence-electron chi connectivity index (χ3n) is 4.11. The van der Waals surface area contributed by atoms with Crippen LogP contribution in [0.4, 0.5) is 5.69 Å². The molecule has 1 aromatic rings. The monoisotopic (exact) mass is 289 g/mol. The zero-order chi connectivity index (χ0) is 14.9. The molecule has 2 rings (SSSR count). The third-order valence-corrected chi connectivity index (χ3v) is 4.11. The average Bonchev–Trinajstić information content (AvgIpc) is 2.52. The molecule has 4 nitrogen and oxygen atoms in total. The Kier molecular flexibility index (Phi) is 6.54. The van der Waals surface area contributed by atoms with Gasteiger partial charge in [0.05, 0.1) is 6.54 Å². The van der Waals surface area contributed by atoms with Crippen molar-refractivity contribution in [2.75, 3.05) is 31.5 Å². The third kappa shape index (κ3) is 5.76. The number of anilines is 1. The summed E-state index contributed by atoms with van der Waals surface area (Å²) >= 11 is 0. The van der Waals surface area contributed by atoms with E-state index in [1.165, 1.54) is 25.8 Å². The van der Waals surface area contributed by atoms with E-state index in [1.54, 1.807) is 0 Å². The molecule has 0 spiro atoms. The van der Waals surface area contributed by atoms with Crippen LogP contribution >= 0.6 is 0 Å². The van der Waals surface area contributed by atoms with Crippen LogP contribution in [0.5, 0.6) is 0 Å². The number of hydrogen-bond donors (Lipinski definition) is 2. The average molecular weight is 289 g/mol. The summed E-state index contributed by atoms with van der Waals surface area (Å²) in [5.74, 6) is 0.0607. The van der Waals surface area contributed by atoms with E-state index < -0.39 is 0 Å². The molecular formula is C17H27N3O. The summed E-state index contributed by atoms with van der Waals surface area (Å²) in [6.45, 7) is 5.71. The standard InChI is InChI=1S/C17H27N3O/c1-15-8-5-6-12-20(15)13-7-11-18-17(21)14-19-16-9-3-2-4-10-16/h2-4,9-10,15,19H,5-8,11-14H2,1H3,(H,18,21). The Balaban J connectivity index is 1.55. The number of carbonyl (C=O) groups is 1. The van der Waals surface area contributed by atoms with Gasteiger partial charge in [0.2, 0.25) is 5.91 Å². The molecule has 1 atom stereocenters. The Morgan fingerprint density at radius 2 is 2.10 bits per heavy atom. The number of piperidine rings is 1. The van der Waals surface area contributed by atoms with Gasteiger partial charge in [-0.25, -0.2) is 0 Å². The van der Waals surface area contributed by atoms with Crippen molar-refractivity contribution in [1.82, 2.24) is 10.2 Å². The second-order valence-electron chi connectivity index (χ2n) is 5.80. The first-order valence-corrected chi connectivity index (χ1v) is 8.05. The van der Waals surface area contributed by atoms with Crippen LogP contribution < -0.4 is 10.6 Å². The molecule has 0 aliphatic carbocycles. The predicted molar refractivity (Wildman–Crippen MR) is 87.4 cm³/mol. The highest BCUT2D eigenvalue weighted by molar-refractivity contribution is 5.80. The number of benzene rings is 1. The maximum Gasteiger partial charge on any atom is 0.239 e. The second kappa shape index (κ2) is 8.67. The van der Waals surface area contributed by atoms with Gasteiger partial charge in [0, 0.05) is 24.8 Å². The van der Waals surface area contributed by atoms with Gasteiger partial charge in [0.25, 0.3) is 0 Å². The highest BCUT2D eigenvalue weighted by Gasteiger charge is 2.17. The molecule has 0 aromatic heterocycles. The maximum atomic E-state index is 11.7. The van der Waals surface area contributed by atoms with E-state index in [0.29, 0.717) is 12.6 Å². The van der Waals surface area contributed by atoms with E-state index in [1.807, 2.05) is 30.3 Å². The highest BCUT2D eigenvalue weighted by Crippen LogP contribution is 2.15. The van der Waals surface area contributed by atoms with Gasteiger partial charge >= 0.3 is 0 Å². The molecule has 0 bridgehead atoms. The number of nitrogens with zero attached hydrogens (tertiary/aromatic N) is 1. The summed E-state index contributed by atoms with van der Waals surface area (Å²) < 4.78 is 0. The van der Waals surface area contributed by atoms with Crippen molar-refractivity contribution in [2.45, 2.75) is 38.6 Å². The van der Waals surface area contributed by atoms with Crippen LogP contribution in [0.3, 0.4) is 0 Å². The summed E-state index contributed by atoms with van der Waals surface area (Å²) in [4.78, 5) is 14.3. The Labute approximate surface area is 127 Å². The van der Waals surface area contributed by atoms with Crippen LogP contribution in [-0.4, -0.2) is 43.0 Å². The summed E-state index contributed by atoms with van der Waals surface area (Å²) in [6.07, 6.45) is 5.02. The first kappa shape index (κ1) is 15.8. The predicted octanol–water partition coefficient (Wildman–Crippen LogP) is 2.48. The quantitative estimate of drug-likeness (QED) is 0.758. The minimum atomic E-state index is 0.0607. The Morgan fingerprint density at radius 1 is 1.29 bits per heavy atom. The SMILES string of the molecule is CC1CCCCN1CCCNC(=O)CNc1ccccc1. The van der Waals surface area contributed by atoms with Crippen LogP contribution in [0.15, 0.2) is 30.3 Å². The molecule has 0 radical (unpaired) electrons. The number of hydrogen-bond acceptors (Lipinski definition) is 3. The topological polar surface area (TPSA) is 44.4 Å². The first-order chi connectivity index (χ1) is 10.3. The van der Waals surface area contributed by atoms with Gasteiger partial charge in [-0.3, -0.25) is 4.79 Å². The largest absolute Gasteiger partial charge is 0.376 e. The normalized spacial score (nSPS) is 19.2. The first-order valence-electron chi connectivity index (χ1n) is 8.05. The molecule has 4 heteroatoms. The number of amides is 1. The number of likely N-dealkylation sites (tertiary alicyclic amines) is 1. The van der Waals surface area contributed by atoms with Crippen molar-refractivity contribution < 1.29 is 4.79 Å². The fourth-order valence-electron chi connectivity index (χ4n) is 2.80. The molecular weight excluding hydrogens is 262 g/mol. The Hall–Kier alpha value is -1.55. The lowest BCUT2D eigenvalue weighted by atomic mass is 10.0. The van der Waals surface area contributed by atoms with Crippen molar-refractivity contribution in [1.29, 1.82) is 0 Å². The van der Waals surface area contributed by atoms with Crippen LogP contribution in [0, 0.1) is 0 Å². The van der Waals surface area contributed by atoms with E-state index in [2.05, 4.69) is 22.5 Å². The van der Waals surface area contributed by atoms with Crippen LogP contribution in [0.2, 0.25) is 0 Å². The van der Waals surface area contributed by atoms with Crippen molar-refractivity contribution in [3.8, 4) is 0 Å². The van der Waals surface area contributed by atoms with Crippen molar-refractivity contribution >= 4 is 11.6 Å². The highest BCUT2D eigenvalue weighted by atomic mass is 16.1. The number of rotatable bonds is 7. The molecule has 1 amide bonds. The van der Waals surface area contributed by atoms with Gasteiger partial charge in [-0.2, -0.15) is 0 Å². The lowest BCUT2D eigenvalue weighted by Crippen LogP contribution is -2.39. The molecule has 1 fully saturated rings. The zero-order valence-corrected chi connectivity index (χ0v) is 13.0. The lowest BCUT2D eigenvalue weighted by molar-refractivity contribution is -0.119. The number of nitrogens with one attached hydrogen (secondary N) is 2. The van der Waals surface area contributed by atoms with Crippen LogP contribution in [-0.2, 0) is 4.79 Å². The van der Waals surface area contributed by atoms with Crippen LogP contribution in [0.25, 0.3) is 0 Å². The van der Waals surface area contributed by atoms with E-state index >= 15 is 0 Å². The van der Waals surface area contributed by atoms with Gasteiger partial charge in [-0.15, -0.1) is 0 Å². The molecule has 1 aliphatic heterocycles. The van der Waals surface area contributed by atoms with Crippen molar-refractivity contribution in [3.63, 3.8) is 0 Å². The van der Waals surface area contributed by atoms with Crippen molar-refractivity contribution in [3.05, 3.63) is 30.3 Å². The molecule has 1 saturated heterocycles. The fraction of sp³-hybridized carbons (Fsp3) is 0.588. The molecule has 1 aliphatic rings. The minimum Gasteiger partial charge on any atom is -0.376 e. The molecule has 1 aromatic carbocycles. The van der Waals surface area contributed by atoms with Gasteiger partial charge in [0.15, 0.2) is 0 Å². The molecule has 2 N–H and O–H groups in total. The number of para-hydroxylation sites is 1. The Morgan fingerprint density at radius 3 is 2.86 bits per heavy atom. The smallest absolute Gasteiger partial charge is 0.239 e. The van der Waals surface area contributed by atoms with E-state index in [4.69, 9.17) is 0 Å². The van der Waals surface area contributed by atoms with E-state index in [0.717, 1.165) is 25.2 Å². The van der Waals surface area contributed by atoms with Crippen LogP contribution in [0.1, 0.15) is 32.6 Å². The van der Waals surface area contributed by atoms with Gasteiger partial charge in [0.1, 0.15) is 0 Å². The van der Waals surface area contributed by atoms with Gasteiger partial charge < -0.3 is 15.5 Å². The zero-order valence-electron chi connectivity index (χ0n) is 13.0. The minimum absolute atomic E-state index is 0.0607.